The molecule has 2 aromatic rings. The molecule has 1 aliphatic rings. The van der Waals surface area contributed by atoms with Gasteiger partial charge in [0.05, 0.1) is 11.4 Å². The molecule has 0 aliphatic carbocycles. The summed E-state index contributed by atoms with van der Waals surface area (Å²) in [5, 5.41) is 7.05. The molecule has 5 heteroatoms. The second-order valence-electron chi connectivity index (χ2n) is 9.96. The van der Waals surface area contributed by atoms with Crippen molar-refractivity contribution in [3.63, 3.8) is 0 Å². The minimum Gasteiger partial charge on any atom is -0.365 e. The van der Waals surface area contributed by atoms with Gasteiger partial charge >= 0.3 is 0 Å². The molecule has 0 saturated carbocycles. The van der Waals surface area contributed by atoms with Gasteiger partial charge in [0, 0.05) is 29.6 Å². The standard InChI is InChI=1S/C28H40N4.Ni/c1-17(2)21-11-9-12-22(18(3)4)25(21)31-27-28(30-16-15-29-27)32-26-23(19(5)6)13-10-14-24(26)20(7)8;/h9-14,17-20H,15-16H2,1-8H3,(H,29,31)(H,30,32);. The van der Waals surface area contributed by atoms with Gasteiger partial charge in [0.1, 0.15) is 0 Å². The summed E-state index contributed by atoms with van der Waals surface area (Å²) in [6.07, 6.45) is 0. The van der Waals surface area contributed by atoms with Crippen molar-refractivity contribution >= 4 is 23.0 Å². The summed E-state index contributed by atoms with van der Waals surface area (Å²) < 4.78 is 0. The third-order valence-corrected chi connectivity index (χ3v) is 6.07. The van der Waals surface area contributed by atoms with E-state index in [4.69, 9.17) is 9.98 Å². The number of piperazine rings is 1. The van der Waals surface area contributed by atoms with Gasteiger partial charge in [-0.3, -0.25) is 0 Å². The zero-order chi connectivity index (χ0) is 23.4. The monoisotopic (exact) mass is 490 g/mol. The first-order chi connectivity index (χ1) is 15.2. The van der Waals surface area contributed by atoms with Crippen molar-refractivity contribution in [3.05, 3.63) is 58.7 Å². The Kier molecular flexibility index (Phi) is 9.73. The molecule has 0 spiro atoms. The number of para-hydroxylation sites is 2. The number of rotatable bonds is 6. The first-order valence-corrected chi connectivity index (χ1v) is 12.1. The molecule has 33 heavy (non-hydrogen) atoms. The van der Waals surface area contributed by atoms with E-state index in [1.54, 1.807) is 0 Å². The van der Waals surface area contributed by atoms with Gasteiger partial charge in [-0.25, -0.2) is 9.98 Å². The Bertz CT molecular complexity index is 869. The summed E-state index contributed by atoms with van der Waals surface area (Å²) in [4.78, 5) is 10.4. The van der Waals surface area contributed by atoms with Gasteiger partial charge in [-0.05, 0) is 45.9 Å². The number of amidine groups is 2. The molecule has 2 N–H and O–H groups in total. The molecule has 182 valence electrons. The van der Waals surface area contributed by atoms with Crippen LogP contribution in [-0.2, 0) is 16.5 Å². The van der Waals surface area contributed by atoms with Gasteiger partial charge < -0.3 is 10.6 Å². The fourth-order valence-electron chi connectivity index (χ4n) is 4.22. The van der Waals surface area contributed by atoms with E-state index >= 15 is 0 Å². The Morgan fingerprint density at radius 2 is 0.818 bits per heavy atom. The van der Waals surface area contributed by atoms with Crippen LogP contribution in [0.4, 0.5) is 11.4 Å². The van der Waals surface area contributed by atoms with Gasteiger partial charge in [0.15, 0.2) is 11.7 Å². The molecule has 3 rings (SSSR count). The predicted octanol–water partition coefficient (Wildman–Crippen LogP) is 7.13. The molecule has 0 atom stereocenters. The Morgan fingerprint density at radius 3 is 1.06 bits per heavy atom. The van der Waals surface area contributed by atoms with Crippen molar-refractivity contribution in [2.24, 2.45) is 9.98 Å². The summed E-state index contributed by atoms with van der Waals surface area (Å²) in [6.45, 7) is 19.5. The van der Waals surface area contributed by atoms with Crippen LogP contribution in [0, 0.1) is 0 Å². The molecular formula is C28H40N4Ni. The topological polar surface area (TPSA) is 48.8 Å². The predicted molar refractivity (Wildman–Crippen MR) is 139 cm³/mol. The average molecular weight is 491 g/mol. The minimum absolute atomic E-state index is 0. The summed E-state index contributed by atoms with van der Waals surface area (Å²) in [5.74, 6) is 3.27. The van der Waals surface area contributed by atoms with Crippen molar-refractivity contribution < 1.29 is 16.5 Å². The summed E-state index contributed by atoms with van der Waals surface area (Å²) in [6, 6.07) is 13.1. The Morgan fingerprint density at radius 1 is 0.545 bits per heavy atom. The minimum atomic E-state index is 0. The molecule has 0 amide bonds. The normalized spacial score (nSPS) is 16.5. The van der Waals surface area contributed by atoms with Crippen LogP contribution in [0.1, 0.15) is 101 Å². The van der Waals surface area contributed by atoms with Crippen LogP contribution in [0.15, 0.2) is 46.4 Å². The van der Waals surface area contributed by atoms with Gasteiger partial charge in [0.2, 0.25) is 0 Å². The molecule has 0 radical (unpaired) electrons. The van der Waals surface area contributed by atoms with E-state index in [0.29, 0.717) is 23.7 Å². The molecule has 0 bridgehead atoms. The summed E-state index contributed by atoms with van der Waals surface area (Å²) >= 11 is 0. The van der Waals surface area contributed by atoms with E-state index in [9.17, 15) is 0 Å². The fourth-order valence-corrected chi connectivity index (χ4v) is 4.22. The van der Waals surface area contributed by atoms with Crippen molar-refractivity contribution in [1.82, 2.24) is 10.6 Å². The van der Waals surface area contributed by atoms with E-state index < -0.39 is 0 Å². The summed E-state index contributed by atoms with van der Waals surface area (Å²) in [7, 11) is 0. The fraction of sp³-hybridized carbons (Fsp3) is 0.500. The number of hydrogen-bond acceptors (Lipinski definition) is 2. The first-order valence-electron chi connectivity index (χ1n) is 12.1. The van der Waals surface area contributed by atoms with E-state index in [1.165, 1.54) is 22.3 Å². The first kappa shape index (κ1) is 27.1. The number of hydrogen-bond donors (Lipinski definition) is 2. The van der Waals surface area contributed by atoms with Crippen LogP contribution < -0.4 is 10.6 Å². The zero-order valence-electron chi connectivity index (χ0n) is 21.4. The number of aliphatic imine (C=N–C) groups is 2. The van der Waals surface area contributed by atoms with Crippen molar-refractivity contribution in [2.75, 3.05) is 13.1 Å². The van der Waals surface area contributed by atoms with Crippen LogP contribution in [0.5, 0.6) is 0 Å². The van der Waals surface area contributed by atoms with E-state index in [2.05, 4.69) is 102 Å². The van der Waals surface area contributed by atoms with E-state index in [1.807, 2.05) is 0 Å². The zero-order valence-corrected chi connectivity index (χ0v) is 22.4. The van der Waals surface area contributed by atoms with Crippen molar-refractivity contribution in [2.45, 2.75) is 79.1 Å². The van der Waals surface area contributed by atoms with Crippen molar-refractivity contribution in [1.29, 1.82) is 0 Å². The summed E-state index contributed by atoms with van der Waals surface area (Å²) in [5.41, 5.74) is 7.28. The third kappa shape index (κ3) is 6.26. The number of benzene rings is 2. The van der Waals surface area contributed by atoms with E-state index in [-0.39, 0.29) is 16.5 Å². The van der Waals surface area contributed by atoms with Crippen LogP contribution >= 0.6 is 0 Å². The Balaban J connectivity index is 0.00000385. The molecule has 2 aromatic carbocycles. The molecule has 4 nitrogen and oxygen atoms in total. The van der Waals surface area contributed by atoms with E-state index in [0.717, 1.165) is 36.1 Å². The Labute approximate surface area is 210 Å². The van der Waals surface area contributed by atoms with Crippen LogP contribution in [-0.4, -0.2) is 24.8 Å². The molecule has 1 heterocycles. The van der Waals surface area contributed by atoms with Gasteiger partial charge in [-0.2, -0.15) is 0 Å². The van der Waals surface area contributed by atoms with Crippen molar-refractivity contribution in [3.8, 4) is 0 Å². The second-order valence-corrected chi connectivity index (χ2v) is 9.96. The maximum atomic E-state index is 5.20. The number of nitrogens with one attached hydrogen (secondary N) is 2. The quantitative estimate of drug-likeness (QED) is 0.423. The van der Waals surface area contributed by atoms with Gasteiger partial charge in [-0.1, -0.05) is 91.8 Å². The molecule has 0 unspecified atom stereocenters. The molecule has 1 fully saturated rings. The van der Waals surface area contributed by atoms with Crippen LogP contribution in [0.2, 0.25) is 0 Å². The van der Waals surface area contributed by atoms with Gasteiger partial charge in [0.25, 0.3) is 0 Å². The molecule has 1 saturated heterocycles. The SMILES string of the molecule is CC(C)c1cccc(C(C)C)c1N=C1NCCNC1=Nc1c(C(C)C)cccc1C(C)C.[Ni]. The molecular weight excluding hydrogens is 451 g/mol. The third-order valence-electron chi connectivity index (χ3n) is 6.07. The Hall–Kier alpha value is -2.13. The largest absolute Gasteiger partial charge is 0.365 e. The second kappa shape index (κ2) is 11.8. The number of nitrogens with zero attached hydrogens (tertiary/aromatic N) is 2. The average Bonchev–Trinajstić information content (AvgIpc) is 2.74. The molecule has 0 aromatic heterocycles. The smallest absolute Gasteiger partial charge is 0.169 e. The van der Waals surface area contributed by atoms with Gasteiger partial charge in [-0.15, -0.1) is 0 Å². The maximum absolute atomic E-state index is 5.20. The van der Waals surface area contributed by atoms with Crippen LogP contribution in [0.25, 0.3) is 0 Å². The molecule has 1 aliphatic heterocycles. The van der Waals surface area contributed by atoms with Crippen LogP contribution in [0.3, 0.4) is 0 Å². The maximum Gasteiger partial charge on any atom is 0.169 e.